The summed E-state index contributed by atoms with van der Waals surface area (Å²) in [5.74, 6) is -0.444. The minimum absolute atomic E-state index is 0.0578. The summed E-state index contributed by atoms with van der Waals surface area (Å²) in [6.45, 7) is 1.67. The molecule has 0 radical (unpaired) electrons. The third-order valence-electron chi connectivity index (χ3n) is 1.61. The van der Waals surface area contributed by atoms with Gasteiger partial charge in [-0.2, -0.15) is 0 Å². The number of oxime groups is 1. The monoisotopic (exact) mass is 245 g/mol. The number of benzene rings is 1. The molecule has 3 nitrogen and oxygen atoms in total. The highest BCUT2D eigenvalue weighted by molar-refractivity contribution is 6.70. The number of hydrogen-bond acceptors (Lipinski definition) is 3. The maximum absolute atomic E-state index is 10.8. The van der Waals surface area contributed by atoms with Crippen LogP contribution in [0.2, 0.25) is 5.02 Å². The van der Waals surface area contributed by atoms with Gasteiger partial charge in [0.25, 0.3) is 0 Å². The van der Waals surface area contributed by atoms with E-state index in [2.05, 4.69) is 9.99 Å². The summed E-state index contributed by atoms with van der Waals surface area (Å²) in [6.07, 6.45) is 0.246. The molecule has 0 atom stereocenters. The highest BCUT2D eigenvalue weighted by atomic mass is 35.5. The van der Waals surface area contributed by atoms with Crippen LogP contribution in [0.4, 0.5) is 0 Å². The average Bonchev–Trinajstić information content (AvgIpc) is 2.26. The van der Waals surface area contributed by atoms with E-state index in [1.165, 1.54) is 0 Å². The second-order valence-corrected chi connectivity index (χ2v) is 3.44. The van der Waals surface area contributed by atoms with E-state index in [1.54, 1.807) is 31.2 Å². The quantitative estimate of drug-likeness (QED) is 0.466. The number of rotatable bonds is 3. The van der Waals surface area contributed by atoms with Crippen molar-refractivity contribution in [2.75, 3.05) is 0 Å². The van der Waals surface area contributed by atoms with Crippen LogP contribution in [0.1, 0.15) is 18.9 Å². The predicted octanol–water partition coefficient (Wildman–Crippen LogP) is 3.19. The van der Waals surface area contributed by atoms with Crippen molar-refractivity contribution in [1.82, 2.24) is 0 Å². The van der Waals surface area contributed by atoms with E-state index in [1.807, 2.05) is 0 Å². The number of hydrogen-bond donors (Lipinski definition) is 0. The van der Waals surface area contributed by atoms with Crippen molar-refractivity contribution in [2.45, 2.75) is 13.3 Å². The molecule has 1 aromatic carbocycles. The molecule has 0 aliphatic carbocycles. The molecule has 0 bridgehead atoms. The van der Waals surface area contributed by atoms with E-state index >= 15 is 0 Å². The van der Waals surface area contributed by atoms with Crippen LogP contribution in [-0.4, -0.2) is 11.1 Å². The molecule has 0 aliphatic rings. The third-order valence-corrected chi connectivity index (χ3v) is 2.21. The molecule has 0 N–H and O–H groups in total. The molecule has 0 aliphatic heterocycles. The van der Waals surface area contributed by atoms with Gasteiger partial charge in [0.1, 0.15) is 0 Å². The molecular weight excluding hydrogens is 237 g/mol. The van der Waals surface area contributed by atoms with Gasteiger partial charge < -0.3 is 4.84 Å². The first-order chi connectivity index (χ1) is 7.15. The topological polar surface area (TPSA) is 38.7 Å². The Morgan fingerprint density at radius 1 is 1.47 bits per heavy atom. The van der Waals surface area contributed by atoms with E-state index < -0.39 is 5.97 Å². The van der Waals surface area contributed by atoms with E-state index in [0.717, 1.165) is 0 Å². The highest BCUT2D eigenvalue weighted by Crippen LogP contribution is 2.17. The smallest absolute Gasteiger partial charge is 0.317 e. The van der Waals surface area contributed by atoms with E-state index in [-0.39, 0.29) is 11.6 Å². The highest BCUT2D eigenvalue weighted by Gasteiger charge is 2.06. The number of halogens is 2. The molecule has 0 fully saturated rings. The summed E-state index contributed by atoms with van der Waals surface area (Å²) >= 11 is 11.7. The maximum Gasteiger partial charge on any atom is 0.334 e. The minimum Gasteiger partial charge on any atom is -0.317 e. The van der Waals surface area contributed by atoms with Gasteiger partial charge in [0, 0.05) is 12.0 Å². The van der Waals surface area contributed by atoms with Crippen molar-refractivity contribution < 1.29 is 9.63 Å². The molecule has 1 rings (SSSR count). The van der Waals surface area contributed by atoms with Crippen LogP contribution in [0.3, 0.4) is 0 Å². The molecule has 0 heterocycles. The summed E-state index contributed by atoms with van der Waals surface area (Å²) in [6, 6.07) is 6.90. The fourth-order valence-corrected chi connectivity index (χ4v) is 1.31. The van der Waals surface area contributed by atoms with Crippen LogP contribution < -0.4 is 0 Å². The predicted molar refractivity (Wildman–Crippen MR) is 60.2 cm³/mol. The zero-order chi connectivity index (χ0) is 11.3. The lowest BCUT2D eigenvalue weighted by Crippen LogP contribution is -2.00. The summed E-state index contributed by atoms with van der Waals surface area (Å²) < 4.78 is 0. The molecule has 1 aromatic rings. The number of nitrogens with zero attached hydrogens (tertiary/aromatic N) is 1. The van der Waals surface area contributed by atoms with Gasteiger partial charge in [-0.15, -0.1) is 0 Å². The second-order valence-electron chi connectivity index (χ2n) is 2.68. The summed E-state index contributed by atoms with van der Waals surface area (Å²) in [5.41, 5.74) is 0.532. The first-order valence-corrected chi connectivity index (χ1v) is 5.09. The van der Waals surface area contributed by atoms with Crippen LogP contribution in [0.25, 0.3) is 0 Å². The SMILES string of the molecule is CCC(=O)O/N=C(\Cl)c1ccccc1Cl. The van der Waals surface area contributed by atoms with Crippen molar-refractivity contribution in [3.63, 3.8) is 0 Å². The van der Waals surface area contributed by atoms with Gasteiger partial charge in [-0.3, -0.25) is 0 Å². The molecule has 15 heavy (non-hydrogen) atoms. The van der Waals surface area contributed by atoms with Crippen LogP contribution in [0.15, 0.2) is 29.4 Å². The first-order valence-electron chi connectivity index (χ1n) is 4.33. The molecule has 80 valence electrons. The van der Waals surface area contributed by atoms with Crippen molar-refractivity contribution >= 4 is 34.3 Å². The zero-order valence-electron chi connectivity index (χ0n) is 8.04. The van der Waals surface area contributed by atoms with Crippen molar-refractivity contribution in [1.29, 1.82) is 0 Å². The lowest BCUT2D eigenvalue weighted by Gasteiger charge is -2.00. The van der Waals surface area contributed by atoms with E-state index in [9.17, 15) is 4.79 Å². The Bertz CT molecular complexity index is 391. The first kappa shape index (κ1) is 12.0. The second kappa shape index (κ2) is 5.73. The minimum atomic E-state index is -0.444. The van der Waals surface area contributed by atoms with Gasteiger partial charge in [0.2, 0.25) is 0 Å². The van der Waals surface area contributed by atoms with Crippen LogP contribution >= 0.6 is 23.2 Å². The van der Waals surface area contributed by atoms with E-state index in [0.29, 0.717) is 10.6 Å². The summed E-state index contributed by atoms with van der Waals surface area (Å²) in [4.78, 5) is 15.3. The Morgan fingerprint density at radius 3 is 2.73 bits per heavy atom. The normalized spacial score (nSPS) is 11.3. The molecule has 5 heteroatoms. The third kappa shape index (κ3) is 3.53. The van der Waals surface area contributed by atoms with Crippen molar-refractivity contribution in [3.8, 4) is 0 Å². The van der Waals surface area contributed by atoms with Gasteiger partial charge >= 0.3 is 5.97 Å². The van der Waals surface area contributed by atoms with Gasteiger partial charge in [-0.25, -0.2) is 4.79 Å². The van der Waals surface area contributed by atoms with Crippen LogP contribution in [0.5, 0.6) is 0 Å². The lowest BCUT2D eigenvalue weighted by atomic mass is 10.2. The molecule has 0 saturated heterocycles. The summed E-state index contributed by atoms with van der Waals surface area (Å²) in [5, 5.41) is 3.99. The Balaban J connectivity index is 2.80. The largest absolute Gasteiger partial charge is 0.334 e. The van der Waals surface area contributed by atoms with Crippen molar-refractivity contribution in [2.24, 2.45) is 5.16 Å². The Hall–Kier alpha value is -1.06. The average molecular weight is 246 g/mol. The Morgan fingerprint density at radius 2 is 2.13 bits per heavy atom. The lowest BCUT2D eigenvalue weighted by molar-refractivity contribution is -0.143. The fourth-order valence-electron chi connectivity index (χ4n) is 0.833. The van der Waals surface area contributed by atoms with Crippen molar-refractivity contribution in [3.05, 3.63) is 34.9 Å². The summed E-state index contributed by atoms with van der Waals surface area (Å²) in [7, 11) is 0. The standard InChI is InChI=1S/C10H9Cl2NO2/c1-2-9(14)15-13-10(12)7-5-3-4-6-8(7)11/h3-6H,2H2,1H3/b13-10-. The van der Waals surface area contributed by atoms with Crippen LogP contribution in [-0.2, 0) is 9.63 Å². The maximum atomic E-state index is 10.8. The molecule has 0 amide bonds. The molecule has 0 saturated carbocycles. The van der Waals surface area contributed by atoms with Gasteiger partial charge in [-0.1, -0.05) is 53.5 Å². The van der Waals surface area contributed by atoms with Gasteiger partial charge in [0.05, 0.1) is 5.02 Å². The molecule has 0 aromatic heterocycles. The molecular formula is C10H9Cl2NO2. The van der Waals surface area contributed by atoms with Gasteiger partial charge in [0.15, 0.2) is 5.17 Å². The Kier molecular flexibility index (Phi) is 4.59. The van der Waals surface area contributed by atoms with Crippen LogP contribution in [0, 0.1) is 0 Å². The number of carbonyl (C=O) groups is 1. The van der Waals surface area contributed by atoms with E-state index in [4.69, 9.17) is 23.2 Å². The van der Waals surface area contributed by atoms with Gasteiger partial charge in [-0.05, 0) is 6.07 Å². The molecule has 0 spiro atoms. The number of carbonyl (C=O) groups excluding carboxylic acids is 1. The fraction of sp³-hybridized carbons (Fsp3) is 0.200. The molecule has 0 unspecified atom stereocenters. The Labute approximate surface area is 97.6 Å². The zero-order valence-corrected chi connectivity index (χ0v) is 9.55.